The third-order valence-electron chi connectivity index (χ3n) is 7.17. The van der Waals surface area contributed by atoms with E-state index < -0.39 is 17.7 Å². The molecule has 3 aromatic carbocycles. The first-order valence-corrected chi connectivity index (χ1v) is 13.3. The maximum absolute atomic E-state index is 13.6. The monoisotopic (exact) mass is 538 g/mol. The fourth-order valence-corrected chi connectivity index (χ4v) is 4.84. The van der Waals surface area contributed by atoms with Crippen molar-refractivity contribution in [1.29, 1.82) is 0 Å². The number of carbonyl (C=O) groups excluding carboxylic acids is 2. The normalized spacial score (nSPS) is 16.8. The second-order valence-corrected chi connectivity index (χ2v) is 10.9. The van der Waals surface area contributed by atoms with E-state index in [1.807, 2.05) is 83.1 Å². The number of ketones is 1. The number of benzene rings is 3. The van der Waals surface area contributed by atoms with Gasteiger partial charge >= 0.3 is 5.91 Å². The molecule has 40 heavy (non-hydrogen) atoms. The van der Waals surface area contributed by atoms with Gasteiger partial charge in [0.2, 0.25) is 5.95 Å². The number of aromatic amines is 1. The predicted octanol–water partition coefficient (Wildman–Crippen LogP) is 5.91. The molecule has 0 aliphatic carbocycles. The molecule has 2 heterocycles. The van der Waals surface area contributed by atoms with Crippen molar-refractivity contribution in [3.05, 3.63) is 88.5 Å². The van der Waals surface area contributed by atoms with Gasteiger partial charge < -0.3 is 19.7 Å². The number of imidazole rings is 1. The highest BCUT2D eigenvalue weighted by Gasteiger charge is 2.48. The standard InChI is InChI=1S/C32H34N4O4/c1-18(2)17-40-24-9-7-8-22(16-24)29(37)27-28(21-10-12-23(13-11-21)35(5)6)36(31(39)30(27)38)32-33-25-14-19(3)20(4)15-26(25)34-32/h7-16,18,28,37H,17H2,1-6H3,(H,33,34)/b29-27+. The Morgan fingerprint density at radius 1 is 1.05 bits per heavy atom. The second kappa shape index (κ2) is 10.5. The van der Waals surface area contributed by atoms with Crippen molar-refractivity contribution in [2.75, 3.05) is 30.5 Å². The smallest absolute Gasteiger partial charge is 0.302 e. The van der Waals surface area contributed by atoms with E-state index in [1.54, 1.807) is 24.3 Å². The number of carbonyl (C=O) groups is 2. The van der Waals surface area contributed by atoms with Crippen LogP contribution in [0.25, 0.3) is 16.8 Å². The molecule has 0 spiro atoms. The lowest BCUT2D eigenvalue weighted by atomic mass is 9.95. The highest BCUT2D eigenvalue weighted by Crippen LogP contribution is 2.42. The van der Waals surface area contributed by atoms with Crippen molar-refractivity contribution < 1.29 is 19.4 Å². The van der Waals surface area contributed by atoms with Crippen molar-refractivity contribution >= 4 is 40.1 Å². The van der Waals surface area contributed by atoms with Gasteiger partial charge in [-0.05, 0) is 72.9 Å². The third-order valence-corrected chi connectivity index (χ3v) is 7.17. The molecule has 8 nitrogen and oxygen atoms in total. The lowest BCUT2D eigenvalue weighted by molar-refractivity contribution is -0.132. The van der Waals surface area contributed by atoms with Gasteiger partial charge in [0.15, 0.2) is 0 Å². The molecule has 1 unspecified atom stereocenters. The minimum absolute atomic E-state index is 0.00331. The molecule has 1 amide bonds. The van der Waals surface area contributed by atoms with Crippen LogP contribution in [0, 0.1) is 19.8 Å². The molecule has 1 aliphatic heterocycles. The fourth-order valence-electron chi connectivity index (χ4n) is 4.84. The van der Waals surface area contributed by atoms with Crippen molar-refractivity contribution in [3.63, 3.8) is 0 Å². The van der Waals surface area contributed by atoms with Gasteiger partial charge in [0.05, 0.1) is 29.3 Å². The zero-order chi connectivity index (χ0) is 28.7. The summed E-state index contributed by atoms with van der Waals surface area (Å²) < 4.78 is 5.84. The number of anilines is 2. The van der Waals surface area contributed by atoms with Crippen LogP contribution in [0.15, 0.2) is 66.2 Å². The molecule has 4 aromatic rings. The number of aliphatic hydroxyl groups excluding tert-OH is 1. The molecule has 0 bridgehead atoms. The Labute approximate surface area is 233 Å². The average Bonchev–Trinajstić information content (AvgIpc) is 3.44. The Balaban J connectivity index is 1.67. The van der Waals surface area contributed by atoms with Gasteiger partial charge in [-0.15, -0.1) is 0 Å². The van der Waals surface area contributed by atoms with E-state index in [-0.39, 0.29) is 17.3 Å². The number of amides is 1. The quantitative estimate of drug-likeness (QED) is 0.173. The van der Waals surface area contributed by atoms with Crippen molar-refractivity contribution in [1.82, 2.24) is 9.97 Å². The summed E-state index contributed by atoms with van der Waals surface area (Å²) in [5, 5.41) is 11.5. The summed E-state index contributed by atoms with van der Waals surface area (Å²) in [5.74, 6) is -0.661. The van der Waals surface area contributed by atoms with Crippen LogP contribution in [-0.4, -0.2) is 47.5 Å². The summed E-state index contributed by atoms with van der Waals surface area (Å²) in [4.78, 5) is 38.4. The first-order chi connectivity index (χ1) is 19.0. The summed E-state index contributed by atoms with van der Waals surface area (Å²) in [5.41, 5.74) is 5.63. The SMILES string of the molecule is Cc1cc2nc(N3C(=O)C(=O)/C(=C(/O)c4cccc(OCC(C)C)c4)C3c3ccc(N(C)C)cc3)[nH]c2cc1C. The number of fused-ring (bicyclic) bond motifs is 1. The van der Waals surface area contributed by atoms with Crippen LogP contribution in [0.4, 0.5) is 11.6 Å². The molecular weight excluding hydrogens is 504 g/mol. The van der Waals surface area contributed by atoms with Crippen molar-refractivity contribution in [2.24, 2.45) is 5.92 Å². The van der Waals surface area contributed by atoms with Gasteiger partial charge in [0.1, 0.15) is 11.5 Å². The van der Waals surface area contributed by atoms with Crippen LogP contribution >= 0.6 is 0 Å². The van der Waals surface area contributed by atoms with E-state index in [2.05, 4.69) is 9.97 Å². The number of rotatable bonds is 7. The van der Waals surface area contributed by atoms with E-state index in [0.717, 1.165) is 22.3 Å². The molecule has 1 atom stereocenters. The summed E-state index contributed by atoms with van der Waals surface area (Å²) >= 11 is 0. The second-order valence-electron chi connectivity index (χ2n) is 10.9. The van der Waals surface area contributed by atoms with Gasteiger partial charge in [0.25, 0.3) is 5.78 Å². The van der Waals surface area contributed by atoms with Gasteiger partial charge in [-0.3, -0.25) is 14.5 Å². The van der Waals surface area contributed by atoms with Crippen LogP contribution in [-0.2, 0) is 9.59 Å². The van der Waals surface area contributed by atoms with E-state index >= 15 is 0 Å². The summed E-state index contributed by atoms with van der Waals surface area (Å²) in [6.45, 7) is 8.62. The predicted molar refractivity (Wildman–Crippen MR) is 158 cm³/mol. The number of aryl methyl sites for hydroxylation is 2. The van der Waals surface area contributed by atoms with E-state index in [1.165, 1.54) is 4.90 Å². The third kappa shape index (κ3) is 4.93. The van der Waals surface area contributed by atoms with Crippen molar-refractivity contribution in [2.45, 2.75) is 33.7 Å². The Morgan fingerprint density at radius 2 is 1.75 bits per heavy atom. The molecule has 0 radical (unpaired) electrons. The molecule has 0 saturated carbocycles. The van der Waals surface area contributed by atoms with E-state index in [0.29, 0.717) is 34.9 Å². The van der Waals surface area contributed by atoms with E-state index in [4.69, 9.17) is 4.74 Å². The van der Waals surface area contributed by atoms with Crippen LogP contribution in [0.2, 0.25) is 0 Å². The molecule has 8 heteroatoms. The fraction of sp³-hybridized carbons (Fsp3) is 0.281. The summed E-state index contributed by atoms with van der Waals surface area (Å²) in [6, 6.07) is 17.5. The number of ether oxygens (including phenoxy) is 1. The Hall–Kier alpha value is -4.59. The highest BCUT2D eigenvalue weighted by molar-refractivity contribution is 6.51. The topological polar surface area (TPSA) is 98.8 Å². The summed E-state index contributed by atoms with van der Waals surface area (Å²) in [7, 11) is 3.88. The minimum atomic E-state index is -0.890. The van der Waals surface area contributed by atoms with Gasteiger partial charge in [-0.1, -0.05) is 38.1 Å². The minimum Gasteiger partial charge on any atom is -0.507 e. The molecular formula is C32H34N4O4. The van der Waals surface area contributed by atoms with Crippen molar-refractivity contribution in [3.8, 4) is 5.75 Å². The maximum Gasteiger partial charge on any atom is 0.302 e. The van der Waals surface area contributed by atoms with E-state index in [9.17, 15) is 14.7 Å². The first-order valence-electron chi connectivity index (χ1n) is 13.3. The molecule has 1 fully saturated rings. The van der Waals surface area contributed by atoms with Gasteiger partial charge in [-0.2, -0.15) is 0 Å². The lowest BCUT2D eigenvalue weighted by Crippen LogP contribution is -2.30. The van der Waals surface area contributed by atoms with Crippen LogP contribution < -0.4 is 14.5 Å². The van der Waals surface area contributed by atoms with Gasteiger partial charge in [0, 0.05) is 25.3 Å². The maximum atomic E-state index is 13.6. The number of hydrogen-bond donors (Lipinski definition) is 2. The molecule has 1 aromatic heterocycles. The average molecular weight is 539 g/mol. The molecule has 1 aliphatic rings. The largest absolute Gasteiger partial charge is 0.507 e. The Kier molecular flexibility index (Phi) is 7.10. The lowest BCUT2D eigenvalue weighted by Gasteiger charge is -2.24. The number of Topliss-reactive ketones (excluding diaryl/α,β-unsaturated/α-hetero) is 1. The van der Waals surface area contributed by atoms with Crippen LogP contribution in [0.1, 0.15) is 42.1 Å². The number of nitrogens with zero attached hydrogens (tertiary/aromatic N) is 3. The van der Waals surface area contributed by atoms with Crippen LogP contribution in [0.5, 0.6) is 5.75 Å². The number of aromatic nitrogens is 2. The summed E-state index contributed by atoms with van der Waals surface area (Å²) in [6.07, 6.45) is 0. The first kappa shape index (κ1) is 27.0. The number of hydrogen-bond acceptors (Lipinski definition) is 6. The highest BCUT2D eigenvalue weighted by atomic mass is 16.5. The molecule has 5 rings (SSSR count). The molecule has 1 saturated heterocycles. The molecule has 2 N–H and O–H groups in total. The van der Waals surface area contributed by atoms with Crippen LogP contribution in [0.3, 0.4) is 0 Å². The molecule has 206 valence electrons. The number of aliphatic hydroxyl groups is 1. The zero-order valence-electron chi connectivity index (χ0n) is 23.6. The number of H-pyrrole nitrogens is 1. The zero-order valence-corrected chi connectivity index (χ0v) is 23.6. The number of nitrogens with one attached hydrogen (secondary N) is 1. The Morgan fingerprint density at radius 3 is 2.42 bits per heavy atom. The Bertz CT molecular complexity index is 1590. The van der Waals surface area contributed by atoms with Gasteiger partial charge in [-0.25, -0.2) is 4.98 Å².